The van der Waals surface area contributed by atoms with Crippen molar-refractivity contribution >= 4 is 110 Å². The van der Waals surface area contributed by atoms with Crippen molar-refractivity contribution in [2.75, 3.05) is 10.7 Å². The summed E-state index contributed by atoms with van der Waals surface area (Å²) >= 11 is 19.1. The summed E-state index contributed by atoms with van der Waals surface area (Å²) in [6, 6.07) is 64.7. The van der Waals surface area contributed by atoms with Crippen molar-refractivity contribution in [3.8, 4) is 0 Å². The van der Waals surface area contributed by atoms with E-state index in [1.54, 1.807) is 0 Å². The van der Waals surface area contributed by atoms with Crippen molar-refractivity contribution in [2.45, 2.75) is 103 Å². The van der Waals surface area contributed by atoms with E-state index in [9.17, 15) is 50.4 Å². The van der Waals surface area contributed by atoms with Gasteiger partial charge in [-0.2, -0.15) is 0 Å². The predicted octanol–water partition coefficient (Wildman–Crippen LogP) is 22.7. The molecule has 2 radical (unpaired) electrons. The SMILES string of the molecule is C1CCCCCCC1.C1CCCCCCC1.ClCCl.ClCCl.F[P-](F)(F)(F)(F)F.F[P-](F)(F)(F)(F)F.[Rh].[Rh].c1ccc(P(c2ccccc2)c2ccccc2)cc1.c1ccc(P(c2ccccc2)c2ccccc2)cc1. The van der Waals surface area contributed by atoms with E-state index in [1.165, 1.54) is 135 Å². The summed E-state index contributed by atoms with van der Waals surface area (Å²) in [5.41, 5.74) is 0. The Morgan fingerprint density at radius 2 is 0.316 bits per heavy atom. The molecule has 22 heteroatoms. The van der Waals surface area contributed by atoms with Crippen LogP contribution < -0.4 is 31.8 Å². The zero-order valence-electron chi connectivity index (χ0n) is 41.6. The third-order valence-corrected chi connectivity index (χ3v) is 15.0. The first-order valence-electron chi connectivity index (χ1n) is 23.9. The zero-order valence-corrected chi connectivity index (χ0v) is 51.4. The molecule has 0 N–H and O–H groups in total. The smallest absolute Gasteiger partial charge is 0 e. The molecule has 0 aromatic heterocycles. The fourth-order valence-electron chi connectivity index (χ4n) is 7.19. The first-order valence-corrected chi connectivity index (χ1v) is 32.8. The molecule has 0 heterocycles. The van der Waals surface area contributed by atoms with Crippen molar-refractivity contribution in [3.63, 3.8) is 0 Å². The van der Waals surface area contributed by atoms with E-state index in [1.807, 2.05) is 0 Å². The molecule has 2 aliphatic carbocycles. The minimum Gasteiger partial charge on any atom is -0.0622 e. The number of hydrogen-bond donors (Lipinski definition) is 0. The molecular formula is C54H66Cl4F12P4Rh2-2. The van der Waals surface area contributed by atoms with Crippen molar-refractivity contribution in [3.05, 3.63) is 182 Å². The van der Waals surface area contributed by atoms with Gasteiger partial charge < -0.3 is 0 Å². The summed E-state index contributed by atoms with van der Waals surface area (Å²) in [4.78, 5) is 0. The Kier molecular flexibility index (Phi) is 38.7. The van der Waals surface area contributed by atoms with Crippen LogP contribution >= 0.6 is 77.9 Å². The maximum absolute atomic E-state index is 10.7. The van der Waals surface area contributed by atoms with Crippen LogP contribution in [0.2, 0.25) is 0 Å². The number of hydrogen-bond acceptors (Lipinski definition) is 0. The average molecular weight is 1410 g/mol. The molecule has 0 spiro atoms. The average Bonchev–Trinajstić information content (AvgIpc) is 3.30. The standard InChI is InChI=1S/2C18H15P.2C8H16.2CH2Cl2.2F6P.2Rh/c2*1-4-10-16(11-5-1)19(17-12-6-2-7-13-17)18-14-8-3-9-15-18;2*1-2-4-6-8-7-5-3-1;2*2-1-3;2*1-7(2,3,4,5)6;;/h2*1-15H;2*1-8H2;2*1H2;;;;/q;;;;;;2*-1;;. The minimum absolute atomic E-state index is 0. The number of alkyl halides is 4. The molecular weight excluding hydrogens is 1350 g/mol. The molecule has 6 aromatic rings. The van der Waals surface area contributed by atoms with Gasteiger partial charge in [-0.25, -0.2) is 0 Å². The molecule has 0 amide bonds. The van der Waals surface area contributed by atoms with Crippen LogP contribution in [0.1, 0.15) is 103 Å². The Hall–Kier alpha value is -1.39. The summed E-state index contributed by atoms with van der Waals surface area (Å²) in [6.07, 6.45) is 24.0. The van der Waals surface area contributed by atoms with Crippen molar-refractivity contribution in [2.24, 2.45) is 0 Å². The summed E-state index contributed by atoms with van der Waals surface area (Å²) in [6.45, 7) is 0. The van der Waals surface area contributed by atoms with E-state index in [4.69, 9.17) is 46.4 Å². The van der Waals surface area contributed by atoms with Crippen LogP contribution in [-0.2, 0) is 39.0 Å². The van der Waals surface area contributed by atoms with Crippen LogP contribution in [0, 0.1) is 0 Å². The van der Waals surface area contributed by atoms with Crippen molar-refractivity contribution < 1.29 is 89.3 Å². The van der Waals surface area contributed by atoms with Crippen LogP contribution in [0.3, 0.4) is 0 Å². The van der Waals surface area contributed by atoms with Gasteiger partial charge in [0.05, 0.1) is 10.7 Å². The molecule has 434 valence electrons. The van der Waals surface area contributed by atoms with E-state index in [2.05, 4.69) is 182 Å². The maximum Gasteiger partial charge on any atom is 0 e. The van der Waals surface area contributed by atoms with Crippen LogP contribution in [-0.4, -0.2) is 10.7 Å². The molecule has 2 fully saturated rings. The first-order chi connectivity index (χ1) is 34.6. The Morgan fingerprint density at radius 3 is 0.395 bits per heavy atom. The quantitative estimate of drug-likeness (QED) is 0.0675. The fraction of sp³-hybridized carbons (Fsp3) is 0.333. The van der Waals surface area contributed by atoms with Gasteiger partial charge >= 0.3 is 66.0 Å². The Labute approximate surface area is 490 Å². The van der Waals surface area contributed by atoms with Gasteiger partial charge in [-0.3, -0.25) is 0 Å². The maximum atomic E-state index is 9.87. The van der Waals surface area contributed by atoms with Gasteiger partial charge in [0, 0.05) is 39.0 Å². The molecule has 8 rings (SSSR count). The van der Waals surface area contributed by atoms with Crippen LogP contribution in [0.25, 0.3) is 0 Å². The van der Waals surface area contributed by atoms with Gasteiger partial charge in [-0.1, -0.05) is 285 Å². The molecule has 0 atom stereocenters. The molecule has 2 saturated carbocycles. The van der Waals surface area contributed by atoms with Crippen LogP contribution in [0.4, 0.5) is 50.4 Å². The van der Waals surface area contributed by atoms with Gasteiger partial charge in [0.1, 0.15) is 0 Å². The number of rotatable bonds is 6. The second-order valence-corrected chi connectivity index (χ2v) is 26.3. The summed E-state index contributed by atoms with van der Waals surface area (Å²) in [5, 5.41) is 8.78. The molecule has 0 saturated heterocycles. The normalized spacial score (nSPS) is 15.1. The largest absolute Gasteiger partial charge is 0.0622 e. The Balaban J connectivity index is 0. The number of halogens is 16. The molecule has 0 aliphatic heterocycles. The third-order valence-electron chi connectivity index (χ3n) is 10.1. The molecule has 76 heavy (non-hydrogen) atoms. The van der Waals surface area contributed by atoms with E-state index in [0.717, 1.165) is 0 Å². The topological polar surface area (TPSA) is 0 Å². The van der Waals surface area contributed by atoms with Gasteiger partial charge in [0.25, 0.3) is 0 Å². The van der Waals surface area contributed by atoms with Crippen molar-refractivity contribution in [1.82, 2.24) is 0 Å². The van der Waals surface area contributed by atoms with Gasteiger partial charge in [-0.15, -0.1) is 46.4 Å². The van der Waals surface area contributed by atoms with Crippen molar-refractivity contribution in [1.29, 1.82) is 0 Å². The summed E-state index contributed by atoms with van der Waals surface area (Å²) in [7, 11) is -22.2. The Bertz CT molecular complexity index is 1870. The summed E-state index contributed by atoms with van der Waals surface area (Å²) in [5.74, 6) is 0. The number of benzene rings is 6. The van der Waals surface area contributed by atoms with E-state index in [0.29, 0.717) is 0 Å². The zero-order chi connectivity index (χ0) is 55.4. The Morgan fingerprint density at radius 1 is 0.237 bits per heavy atom. The minimum atomic E-state index is -10.7. The van der Waals surface area contributed by atoms with E-state index >= 15 is 0 Å². The fourth-order valence-corrected chi connectivity index (χ4v) is 11.8. The second-order valence-electron chi connectivity index (χ2n) is 16.5. The van der Waals surface area contributed by atoms with Gasteiger partial charge in [0.2, 0.25) is 0 Å². The molecule has 0 bridgehead atoms. The monoisotopic (exact) mass is 1410 g/mol. The van der Waals surface area contributed by atoms with Gasteiger partial charge in [-0.05, 0) is 47.7 Å². The molecule has 0 unspecified atom stereocenters. The molecule has 0 nitrogen and oxygen atoms in total. The molecule has 6 aromatic carbocycles. The predicted molar refractivity (Wildman–Crippen MR) is 304 cm³/mol. The summed E-state index contributed by atoms with van der Waals surface area (Å²) < 4.78 is 118. The molecule has 2 aliphatic rings. The third kappa shape index (κ3) is 49.6. The van der Waals surface area contributed by atoms with Gasteiger partial charge in [0.15, 0.2) is 0 Å². The van der Waals surface area contributed by atoms with E-state index in [-0.39, 0.29) is 49.6 Å². The van der Waals surface area contributed by atoms with Crippen LogP contribution in [0.15, 0.2) is 182 Å². The van der Waals surface area contributed by atoms with Crippen LogP contribution in [0.5, 0.6) is 0 Å². The van der Waals surface area contributed by atoms with E-state index < -0.39 is 31.5 Å². The second kappa shape index (κ2) is 38.3. The first kappa shape index (κ1) is 76.7.